The first kappa shape index (κ1) is 19.0. The maximum Gasteiger partial charge on any atom is 0.416 e. The van der Waals surface area contributed by atoms with Gasteiger partial charge in [0.2, 0.25) is 0 Å². The standard InChI is InChI=1S/C19H15ClF3N3O/c20-17-7-2-1-5-14(17)11-26-12-15(10-25-26)18(27)24-9-13-4-3-6-16(8-13)19(21,22)23/h1-8,10,12H,9,11H2,(H,24,27). The van der Waals surface area contributed by atoms with Crippen LogP contribution in [0.25, 0.3) is 0 Å². The molecule has 1 amide bonds. The second-order valence-corrected chi connectivity index (χ2v) is 6.31. The molecule has 0 spiro atoms. The minimum atomic E-state index is -4.42. The third-order valence-electron chi connectivity index (χ3n) is 3.89. The zero-order valence-corrected chi connectivity index (χ0v) is 14.8. The summed E-state index contributed by atoms with van der Waals surface area (Å²) in [5, 5.41) is 7.32. The number of halogens is 4. The molecule has 3 aromatic rings. The fourth-order valence-electron chi connectivity index (χ4n) is 2.51. The Morgan fingerprint density at radius 2 is 1.93 bits per heavy atom. The highest BCUT2D eigenvalue weighted by Crippen LogP contribution is 2.29. The first-order valence-electron chi connectivity index (χ1n) is 8.03. The average Bonchev–Trinajstić information content (AvgIpc) is 3.10. The summed E-state index contributed by atoms with van der Waals surface area (Å²) in [5.74, 6) is -0.419. The van der Waals surface area contributed by atoms with Gasteiger partial charge in [-0.2, -0.15) is 18.3 Å². The third-order valence-corrected chi connectivity index (χ3v) is 4.26. The van der Waals surface area contributed by atoms with Crippen molar-refractivity contribution in [1.82, 2.24) is 15.1 Å². The van der Waals surface area contributed by atoms with E-state index in [4.69, 9.17) is 11.6 Å². The van der Waals surface area contributed by atoms with Crippen LogP contribution >= 0.6 is 11.6 Å². The normalized spacial score (nSPS) is 11.4. The number of carbonyl (C=O) groups excluding carboxylic acids is 1. The van der Waals surface area contributed by atoms with Crippen LogP contribution in [-0.4, -0.2) is 15.7 Å². The number of rotatable bonds is 5. The number of aromatic nitrogens is 2. The van der Waals surface area contributed by atoms with Gasteiger partial charge in [-0.25, -0.2) is 0 Å². The van der Waals surface area contributed by atoms with E-state index in [1.165, 1.54) is 18.3 Å². The summed E-state index contributed by atoms with van der Waals surface area (Å²) in [4.78, 5) is 12.2. The van der Waals surface area contributed by atoms with Crippen LogP contribution in [0.15, 0.2) is 60.9 Å². The van der Waals surface area contributed by atoms with Crippen molar-refractivity contribution in [1.29, 1.82) is 0 Å². The summed E-state index contributed by atoms with van der Waals surface area (Å²) in [6, 6.07) is 12.1. The van der Waals surface area contributed by atoms with E-state index in [0.717, 1.165) is 17.7 Å². The van der Waals surface area contributed by atoms with E-state index in [0.29, 0.717) is 22.7 Å². The lowest BCUT2D eigenvalue weighted by atomic mass is 10.1. The summed E-state index contributed by atoms with van der Waals surface area (Å²) in [7, 11) is 0. The Balaban J connectivity index is 1.62. The maximum atomic E-state index is 12.7. The van der Waals surface area contributed by atoms with Gasteiger partial charge >= 0.3 is 6.18 Å². The molecule has 0 saturated heterocycles. The monoisotopic (exact) mass is 393 g/mol. The van der Waals surface area contributed by atoms with Crippen LogP contribution < -0.4 is 5.32 Å². The number of hydrogen-bond donors (Lipinski definition) is 1. The number of hydrogen-bond acceptors (Lipinski definition) is 2. The summed E-state index contributed by atoms with van der Waals surface area (Å²) in [5.41, 5.74) is 0.788. The molecule has 0 atom stereocenters. The highest BCUT2D eigenvalue weighted by atomic mass is 35.5. The average molecular weight is 394 g/mol. The molecule has 0 bridgehead atoms. The highest BCUT2D eigenvalue weighted by molar-refractivity contribution is 6.31. The second kappa shape index (κ2) is 7.84. The maximum absolute atomic E-state index is 12.7. The Kier molecular flexibility index (Phi) is 5.51. The number of benzene rings is 2. The van der Waals surface area contributed by atoms with Gasteiger partial charge < -0.3 is 5.32 Å². The number of nitrogens with zero attached hydrogens (tertiary/aromatic N) is 2. The Morgan fingerprint density at radius 1 is 1.15 bits per heavy atom. The molecule has 1 aromatic heterocycles. The SMILES string of the molecule is O=C(NCc1cccc(C(F)(F)F)c1)c1cnn(Cc2ccccc2Cl)c1. The summed E-state index contributed by atoms with van der Waals surface area (Å²) in [6.07, 6.45) is -1.46. The van der Waals surface area contributed by atoms with Crippen LogP contribution in [0, 0.1) is 0 Å². The fourth-order valence-corrected chi connectivity index (χ4v) is 2.71. The van der Waals surface area contributed by atoms with Crippen LogP contribution in [0.3, 0.4) is 0 Å². The van der Waals surface area contributed by atoms with Crippen LogP contribution in [-0.2, 0) is 19.3 Å². The Labute approximate surface area is 158 Å². The van der Waals surface area contributed by atoms with Crippen LogP contribution in [0.1, 0.15) is 27.0 Å². The topological polar surface area (TPSA) is 46.9 Å². The quantitative estimate of drug-likeness (QED) is 0.692. The van der Waals surface area contributed by atoms with Crippen molar-refractivity contribution in [3.05, 3.63) is 88.2 Å². The Hall–Kier alpha value is -2.80. The van der Waals surface area contributed by atoms with E-state index in [1.807, 2.05) is 18.2 Å². The van der Waals surface area contributed by atoms with Crippen LogP contribution in [0.2, 0.25) is 5.02 Å². The van der Waals surface area contributed by atoms with Gasteiger partial charge in [-0.05, 0) is 29.3 Å². The molecule has 8 heteroatoms. The molecule has 1 heterocycles. The van der Waals surface area contributed by atoms with Gasteiger partial charge in [0.15, 0.2) is 0 Å². The van der Waals surface area contributed by atoms with Crippen molar-refractivity contribution in [2.24, 2.45) is 0 Å². The molecule has 27 heavy (non-hydrogen) atoms. The van der Waals surface area contributed by atoms with Crippen molar-refractivity contribution < 1.29 is 18.0 Å². The smallest absolute Gasteiger partial charge is 0.348 e. The van der Waals surface area contributed by atoms with Crippen molar-refractivity contribution >= 4 is 17.5 Å². The van der Waals surface area contributed by atoms with Gasteiger partial charge in [0.1, 0.15) is 0 Å². The molecule has 2 aromatic carbocycles. The molecule has 4 nitrogen and oxygen atoms in total. The molecule has 0 fully saturated rings. The van der Waals surface area contributed by atoms with E-state index >= 15 is 0 Å². The van der Waals surface area contributed by atoms with E-state index in [-0.39, 0.29) is 6.54 Å². The van der Waals surface area contributed by atoms with E-state index in [1.54, 1.807) is 16.9 Å². The summed E-state index contributed by atoms with van der Waals surface area (Å²) >= 11 is 6.11. The molecule has 0 radical (unpaired) electrons. The molecular weight excluding hydrogens is 379 g/mol. The molecule has 0 aliphatic heterocycles. The molecule has 0 unspecified atom stereocenters. The Bertz CT molecular complexity index is 953. The van der Waals surface area contributed by atoms with Gasteiger partial charge in [-0.1, -0.05) is 41.9 Å². The van der Waals surface area contributed by atoms with Gasteiger partial charge in [0.25, 0.3) is 5.91 Å². The number of alkyl halides is 3. The first-order chi connectivity index (χ1) is 12.8. The lowest BCUT2D eigenvalue weighted by Gasteiger charge is -2.09. The predicted molar refractivity (Wildman–Crippen MR) is 95.4 cm³/mol. The van der Waals surface area contributed by atoms with E-state index in [9.17, 15) is 18.0 Å². The zero-order chi connectivity index (χ0) is 19.4. The van der Waals surface area contributed by atoms with Crippen LogP contribution in [0.4, 0.5) is 13.2 Å². The van der Waals surface area contributed by atoms with Crippen molar-refractivity contribution in [3.63, 3.8) is 0 Å². The van der Waals surface area contributed by atoms with E-state index in [2.05, 4.69) is 10.4 Å². The van der Waals surface area contributed by atoms with Crippen molar-refractivity contribution in [2.75, 3.05) is 0 Å². The largest absolute Gasteiger partial charge is 0.416 e. The molecular formula is C19H15ClF3N3O. The molecule has 1 N–H and O–H groups in total. The van der Waals surface area contributed by atoms with Crippen molar-refractivity contribution in [3.8, 4) is 0 Å². The highest BCUT2D eigenvalue weighted by Gasteiger charge is 2.30. The molecule has 3 rings (SSSR count). The summed E-state index contributed by atoms with van der Waals surface area (Å²) in [6.45, 7) is 0.388. The minimum Gasteiger partial charge on any atom is -0.348 e. The number of nitrogens with one attached hydrogen (secondary N) is 1. The Morgan fingerprint density at radius 3 is 2.67 bits per heavy atom. The minimum absolute atomic E-state index is 0.0154. The molecule has 0 aliphatic rings. The van der Waals surface area contributed by atoms with Gasteiger partial charge in [-0.15, -0.1) is 0 Å². The predicted octanol–water partition coefficient (Wildman–Crippen LogP) is 4.53. The number of amides is 1. The summed E-state index contributed by atoms with van der Waals surface area (Å²) < 4.78 is 39.8. The number of carbonyl (C=O) groups is 1. The van der Waals surface area contributed by atoms with Gasteiger partial charge in [0.05, 0.1) is 23.9 Å². The third kappa shape index (κ3) is 4.89. The molecule has 0 aliphatic carbocycles. The zero-order valence-electron chi connectivity index (χ0n) is 14.0. The van der Waals surface area contributed by atoms with Crippen LogP contribution in [0.5, 0.6) is 0 Å². The van der Waals surface area contributed by atoms with Gasteiger partial charge in [-0.3, -0.25) is 9.48 Å². The fraction of sp³-hybridized carbons (Fsp3) is 0.158. The first-order valence-corrected chi connectivity index (χ1v) is 8.41. The lowest BCUT2D eigenvalue weighted by molar-refractivity contribution is -0.137. The second-order valence-electron chi connectivity index (χ2n) is 5.90. The van der Waals surface area contributed by atoms with Gasteiger partial charge in [0, 0.05) is 17.8 Å². The molecule has 140 valence electrons. The molecule has 0 saturated carbocycles. The van der Waals surface area contributed by atoms with E-state index < -0.39 is 17.6 Å². The lowest BCUT2D eigenvalue weighted by Crippen LogP contribution is -2.22. The van der Waals surface area contributed by atoms with Crippen molar-refractivity contribution in [2.45, 2.75) is 19.3 Å².